The van der Waals surface area contributed by atoms with Gasteiger partial charge in [0.15, 0.2) is 6.10 Å². The van der Waals surface area contributed by atoms with Crippen molar-refractivity contribution in [1.29, 1.82) is 0 Å². The van der Waals surface area contributed by atoms with Gasteiger partial charge in [0, 0.05) is 12.8 Å². The molecular formula is C41H76O5. The van der Waals surface area contributed by atoms with Crippen molar-refractivity contribution in [3.63, 3.8) is 0 Å². The third-order valence-electron chi connectivity index (χ3n) is 8.75. The lowest BCUT2D eigenvalue weighted by molar-refractivity contribution is -0.161. The fraction of sp³-hybridized carbons (Fsp3) is 0.854. The van der Waals surface area contributed by atoms with Gasteiger partial charge in [-0.1, -0.05) is 173 Å². The largest absolute Gasteiger partial charge is 0.462 e. The smallest absolute Gasteiger partial charge is 0.306 e. The van der Waals surface area contributed by atoms with Crippen molar-refractivity contribution < 1.29 is 24.2 Å². The van der Waals surface area contributed by atoms with Gasteiger partial charge in [-0.15, -0.1) is 0 Å². The minimum atomic E-state index is -0.770. The molecule has 0 heterocycles. The Hall–Kier alpha value is -1.62. The number of aliphatic hydroxyl groups is 1. The van der Waals surface area contributed by atoms with Crippen LogP contribution in [0.3, 0.4) is 0 Å². The van der Waals surface area contributed by atoms with Crippen molar-refractivity contribution in [1.82, 2.24) is 0 Å². The monoisotopic (exact) mass is 649 g/mol. The van der Waals surface area contributed by atoms with Crippen molar-refractivity contribution >= 4 is 11.9 Å². The molecule has 0 aliphatic carbocycles. The molecule has 0 saturated carbocycles. The Balaban J connectivity index is 3.54. The molecule has 0 rings (SSSR count). The molecule has 0 aromatic heterocycles. The molecule has 5 heteroatoms. The highest BCUT2D eigenvalue weighted by molar-refractivity contribution is 5.70. The quantitative estimate of drug-likeness (QED) is 0.0416. The van der Waals surface area contributed by atoms with Gasteiger partial charge in [-0.25, -0.2) is 0 Å². The van der Waals surface area contributed by atoms with Crippen LogP contribution >= 0.6 is 0 Å². The molecule has 1 N–H and O–H groups in total. The summed E-state index contributed by atoms with van der Waals surface area (Å²) in [6.45, 7) is 4.12. The van der Waals surface area contributed by atoms with Gasteiger partial charge in [0.25, 0.3) is 0 Å². The number of carbonyl (C=O) groups excluding carboxylic acids is 2. The third-order valence-corrected chi connectivity index (χ3v) is 8.75. The van der Waals surface area contributed by atoms with Crippen LogP contribution in [0.2, 0.25) is 0 Å². The number of ether oxygens (including phenoxy) is 2. The Bertz CT molecular complexity index is 701. The number of aliphatic hydroxyl groups excluding tert-OH is 1. The lowest BCUT2D eigenvalue weighted by Gasteiger charge is -2.15. The second-order valence-electron chi connectivity index (χ2n) is 13.4. The van der Waals surface area contributed by atoms with Crippen LogP contribution in [-0.4, -0.2) is 36.4 Å². The molecule has 0 amide bonds. The summed E-state index contributed by atoms with van der Waals surface area (Å²) in [7, 11) is 0. The van der Waals surface area contributed by atoms with E-state index in [4.69, 9.17) is 9.47 Å². The molecule has 1 unspecified atom stereocenters. The highest BCUT2D eigenvalue weighted by Gasteiger charge is 2.16. The van der Waals surface area contributed by atoms with Crippen molar-refractivity contribution in [2.45, 2.75) is 213 Å². The van der Waals surface area contributed by atoms with Crippen LogP contribution in [0.4, 0.5) is 0 Å². The van der Waals surface area contributed by atoms with E-state index in [9.17, 15) is 14.7 Å². The van der Waals surface area contributed by atoms with E-state index < -0.39 is 6.10 Å². The summed E-state index contributed by atoms with van der Waals surface area (Å²) in [4.78, 5) is 24.2. The number of unbranched alkanes of at least 4 members (excludes halogenated alkanes) is 24. The SMILES string of the molecule is CCCCCC=CCC=CCCCCCCCCCC(=O)OC(CO)COC(=O)CCCCCCCCCCCCCCCCC. The van der Waals surface area contributed by atoms with Crippen molar-refractivity contribution in [3.8, 4) is 0 Å². The van der Waals surface area contributed by atoms with E-state index in [1.807, 2.05) is 0 Å². The summed E-state index contributed by atoms with van der Waals surface area (Å²) in [5, 5.41) is 9.55. The number of allylic oxidation sites excluding steroid dienone is 4. The third kappa shape index (κ3) is 35.2. The fourth-order valence-corrected chi connectivity index (χ4v) is 5.70. The minimum absolute atomic E-state index is 0.0647. The number of carbonyl (C=O) groups is 2. The molecule has 0 fully saturated rings. The van der Waals surface area contributed by atoms with Gasteiger partial charge in [0.05, 0.1) is 6.61 Å². The molecule has 270 valence electrons. The lowest BCUT2D eigenvalue weighted by Crippen LogP contribution is -2.28. The Morgan fingerprint density at radius 1 is 0.500 bits per heavy atom. The standard InChI is InChI=1S/C41H76O5/c1-3-5-7-9-11-13-15-17-19-20-22-24-26-28-30-32-34-36-41(44)46-39(37-42)38-45-40(43)35-33-31-29-27-25-23-21-18-16-14-12-10-8-6-4-2/h11,13,17,19,39,42H,3-10,12,14-16,18,20-38H2,1-2H3. The maximum absolute atomic E-state index is 12.2. The van der Waals surface area contributed by atoms with E-state index in [1.165, 1.54) is 128 Å². The number of hydrogen-bond donors (Lipinski definition) is 1. The van der Waals surface area contributed by atoms with Crippen LogP contribution in [0, 0.1) is 0 Å². The molecular weight excluding hydrogens is 572 g/mol. The van der Waals surface area contributed by atoms with E-state index in [1.54, 1.807) is 0 Å². The first kappa shape index (κ1) is 44.4. The summed E-state index contributed by atoms with van der Waals surface area (Å²) in [5.74, 6) is -0.592. The summed E-state index contributed by atoms with van der Waals surface area (Å²) in [6.07, 6.45) is 43.7. The number of hydrogen-bond acceptors (Lipinski definition) is 5. The van der Waals surface area contributed by atoms with Crippen LogP contribution in [0.15, 0.2) is 24.3 Å². The molecule has 0 aliphatic heterocycles. The van der Waals surface area contributed by atoms with Crippen molar-refractivity contribution in [3.05, 3.63) is 24.3 Å². The fourth-order valence-electron chi connectivity index (χ4n) is 5.70. The molecule has 0 aromatic carbocycles. The second kappa shape index (κ2) is 37.8. The number of esters is 2. The van der Waals surface area contributed by atoms with Gasteiger partial charge in [0.1, 0.15) is 6.61 Å². The molecule has 5 nitrogen and oxygen atoms in total. The predicted molar refractivity (Wildman–Crippen MR) is 196 cm³/mol. The molecule has 0 aliphatic rings. The molecule has 0 bridgehead atoms. The molecule has 0 saturated heterocycles. The van der Waals surface area contributed by atoms with Crippen molar-refractivity contribution in [2.24, 2.45) is 0 Å². The van der Waals surface area contributed by atoms with E-state index in [-0.39, 0.29) is 25.2 Å². The maximum Gasteiger partial charge on any atom is 0.306 e. The summed E-state index contributed by atoms with van der Waals surface area (Å²) in [5.41, 5.74) is 0. The van der Waals surface area contributed by atoms with Crippen molar-refractivity contribution in [2.75, 3.05) is 13.2 Å². The first-order valence-corrected chi connectivity index (χ1v) is 19.9. The van der Waals surface area contributed by atoms with Crippen LogP contribution < -0.4 is 0 Å². The zero-order chi connectivity index (χ0) is 33.6. The zero-order valence-electron chi connectivity index (χ0n) is 30.6. The van der Waals surface area contributed by atoms with Gasteiger partial charge in [-0.05, 0) is 44.9 Å². The predicted octanol–water partition coefficient (Wildman–Crippen LogP) is 12.3. The second-order valence-corrected chi connectivity index (χ2v) is 13.4. The Labute approximate surface area is 285 Å². The molecule has 0 spiro atoms. The van der Waals surface area contributed by atoms with Gasteiger partial charge >= 0.3 is 11.9 Å². The van der Waals surface area contributed by atoms with E-state index >= 15 is 0 Å². The van der Waals surface area contributed by atoms with Crippen LogP contribution in [0.25, 0.3) is 0 Å². The van der Waals surface area contributed by atoms with Crippen LogP contribution in [0.5, 0.6) is 0 Å². The zero-order valence-corrected chi connectivity index (χ0v) is 30.6. The summed E-state index contributed by atoms with van der Waals surface area (Å²) < 4.78 is 10.6. The van der Waals surface area contributed by atoms with E-state index in [0.29, 0.717) is 12.8 Å². The normalized spacial score (nSPS) is 12.3. The maximum atomic E-state index is 12.2. The molecule has 0 radical (unpaired) electrons. The first-order chi connectivity index (χ1) is 22.6. The van der Waals surface area contributed by atoms with Crippen LogP contribution in [-0.2, 0) is 19.1 Å². The lowest BCUT2D eigenvalue weighted by atomic mass is 10.0. The average Bonchev–Trinajstić information content (AvgIpc) is 3.06. The molecule has 1 atom stereocenters. The van der Waals surface area contributed by atoms with E-state index in [0.717, 1.165) is 51.4 Å². The van der Waals surface area contributed by atoms with E-state index in [2.05, 4.69) is 38.2 Å². The van der Waals surface area contributed by atoms with Crippen LogP contribution in [0.1, 0.15) is 206 Å². The highest BCUT2D eigenvalue weighted by Crippen LogP contribution is 2.15. The van der Waals surface area contributed by atoms with Gasteiger partial charge < -0.3 is 14.6 Å². The number of rotatable bonds is 36. The minimum Gasteiger partial charge on any atom is -0.462 e. The summed E-state index contributed by atoms with van der Waals surface area (Å²) in [6, 6.07) is 0. The van der Waals surface area contributed by atoms with Gasteiger partial charge in [0.2, 0.25) is 0 Å². The Kier molecular flexibility index (Phi) is 36.5. The first-order valence-electron chi connectivity index (χ1n) is 19.9. The van der Waals surface area contributed by atoms with Gasteiger partial charge in [-0.2, -0.15) is 0 Å². The average molecular weight is 649 g/mol. The topological polar surface area (TPSA) is 72.8 Å². The molecule has 46 heavy (non-hydrogen) atoms. The summed E-state index contributed by atoms with van der Waals surface area (Å²) >= 11 is 0. The Morgan fingerprint density at radius 2 is 0.870 bits per heavy atom. The van der Waals surface area contributed by atoms with Gasteiger partial charge in [-0.3, -0.25) is 9.59 Å². The molecule has 0 aromatic rings. The Morgan fingerprint density at radius 3 is 1.33 bits per heavy atom. The highest BCUT2D eigenvalue weighted by atomic mass is 16.6.